The summed E-state index contributed by atoms with van der Waals surface area (Å²) in [6.07, 6.45) is 4.31. The number of halogens is 1. The molecule has 0 saturated carbocycles. The molecule has 1 aliphatic rings. The first-order valence-electron chi connectivity index (χ1n) is 5.98. The second-order valence-corrected chi connectivity index (χ2v) is 5.11. The fourth-order valence-electron chi connectivity index (χ4n) is 2.27. The average molecular weight is 287 g/mol. The number of hydrogen-bond acceptors (Lipinski definition) is 3. The summed E-state index contributed by atoms with van der Waals surface area (Å²) in [7, 11) is 0. The van der Waals surface area contributed by atoms with Crippen molar-refractivity contribution in [1.82, 2.24) is 10.2 Å². The molecule has 0 radical (unpaired) electrons. The van der Waals surface area contributed by atoms with Crippen molar-refractivity contribution in [2.45, 2.75) is 32.4 Å². The number of hydrogen-bond donors (Lipinski definition) is 1. The summed E-state index contributed by atoms with van der Waals surface area (Å²) >= 11 is 3.51. The minimum absolute atomic E-state index is 0.649. The van der Waals surface area contributed by atoms with Gasteiger partial charge in [0.15, 0.2) is 0 Å². The highest BCUT2D eigenvalue weighted by Crippen LogP contribution is 2.21. The van der Waals surface area contributed by atoms with Crippen molar-refractivity contribution in [3.63, 3.8) is 0 Å². The van der Waals surface area contributed by atoms with E-state index in [9.17, 15) is 0 Å². The molecule has 1 aliphatic heterocycles. The van der Waals surface area contributed by atoms with Gasteiger partial charge in [0.1, 0.15) is 5.76 Å². The Morgan fingerprint density at radius 3 is 3.06 bits per heavy atom. The van der Waals surface area contributed by atoms with Crippen molar-refractivity contribution in [2.75, 3.05) is 19.6 Å². The Morgan fingerprint density at radius 2 is 2.50 bits per heavy atom. The van der Waals surface area contributed by atoms with Crippen LogP contribution in [0.2, 0.25) is 0 Å². The van der Waals surface area contributed by atoms with Gasteiger partial charge >= 0.3 is 0 Å². The molecule has 16 heavy (non-hydrogen) atoms. The molecule has 0 amide bonds. The van der Waals surface area contributed by atoms with Crippen LogP contribution >= 0.6 is 15.9 Å². The number of likely N-dealkylation sites (N-methyl/N-ethyl adjacent to an activating group) is 1. The van der Waals surface area contributed by atoms with E-state index < -0.39 is 0 Å². The highest BCUT2D eigenvalue weighted by molar-refractivity contribution is 9.10. The van der Waals surface area contributed by atoms with Gasteiger partial charge in [0.05, 0.1) is 17.3 Å². The third-order valence-electron chi connectivity index (χ3n) is 3.23. The molecule has 2 heterocycles. The first kappa shape index (κ1) is 12.1. The van der Waals surface area contributed by atoms with E-state index in [-0.39, 0.29) is 0 Å². The van der Waals surface area contributed by atoms with Gasteiger partial charge in [-0.2, -0.15) is 0 Å². The molecule has 0 aliphatic carbocycles. The first-order chi connectivity index (χ1) is 7.81. The van der Waals surface area contributed by atoms with E-state index >= 15 is 0 Å². The lowest BCUT2D eigenvalue weighted by molar-refractivity contribution is 0.154. The molecule has 0 spiro atoms. The van der Waals surface area contributed by atoms with E-state index in [2.05, 4.69) is 33.1 Å². The van der Waals surface area contributed by atoms with E-state index in [4.69, 9.17) is 4.42 Å². The monoisotopic (exact) mass is 286 g/mol. The molecule has 1 aromatic heterocycles. The van der Waals surface area contributed by atoms with Gasteiger partial charge in [0, 0.05) is 12.6 Å². The highest BCUT2D eigenvalue weighted by atomic mass is 79.9. The second-order valence-electron chi connectivity index (χ2n) is 4.25. The van der Waals surface area contributed by atoms with Crippen LogP contribution in [0, 0.1) is 0 Å². The standard InChI is InChI=1S/C12H19BrN2O/c1-2-15(10-4-3-6-14-8-10)9-12-11(13)5-7-16-12/h5,7,10,14H,2-4,6,8-9H2,1H3. The maximum atomic E-state index is 5.48. The Morgan fingerprint density at radius 1 is 1.62 bits per heavy atom. The molecular weight excluding hydrogens is 268 g/mol. The first-order valence-corrected chi connectivity index (χ1v) is 6.77. The van der Waals surface area contributed by atoms with Crippen LogP contribution in [0.3, 0.4) is 0 Å². The molecule has 0 bridgehead atoms. The molecule has 1 atom stereocenters. The van der Waals surface area contributed by atoms with E-state index in [0.717, 1.165) is 29.9 Å². The lowest BCUT2D eigenvalue weighted by Crippen LogP contribution is -2.45. The smallest absolute Gasteiger partial charge is 0.131 e. The van der Waals surface area contributed by atoms with Gasteiger partial charge in [-0.25, -0.2) is 0 Å². The van der Waals surface area contributed by atoms with Crippen molar-refractivity contribution in [3.8, 4) is 0 Å². The summed E-state index contributed by atoms with van der Waals surface area (Å²) in [5.74, 6) is 1.03. The van der Waals surface area contributed by atoms with E-state index in [1.54, 1.807) is 6.26 Å². The molecule has 90 valence electrons. The molecular formula is C12H19BrN2O. The Labute approximate surface area is 105 Å². The third-order valence-corrected chi connectivity index (χ3v) is 3.94. The van der Waals surface area contributed by atoms with Crippen LogP contribution < -0.4 is 5.32 Å². The van der Waals surface area contributed by atoms with Crippen molar-refractivity contribution >= 4 is 15.9 Å². The van der Waals surface area contributed by atoms with Gasteiger partial charge in [-0.3, -0.25) is 4.90 Å². The van der Waals surface area contributed by atoms with Gasteiger partial charge in [-0.1, -0.05) is 6.92 Å². The lowest BCUT2D eigenvalue weighted by atomic mass is 10.1. The van der Waals surface area contributed by atoms with Crippen molar-refractivity contribution in [3.05, 3.63) is 22.6 Å². The van der Waals surface area contributed by atoms with Crippen LogP contribution in [-0.2, 0) is 6.54 Å². The molecule has 0 aromatic carbocycles. The maximum absolute atomic E-state index is 5.48. The number of piperidine rings is 1. The molecule has 3 nitrogen and oxygen atoms in total. The fraction of sp³-hybridized carbons (Fsp3) is 0.667. The lowest BCUT2D eigenvalue weighted by Gasteiger charge is -2.33. The van der Waals surface area contributed by atoms with E-state index in [1.165, 1.54) is 19.4 Å². The highest BCUT2D eigenvalue weighted by Gasteiger charge is 2.21. The predicted molar refractivity (Wildman–Crippen MR) is 68.4 cm³/mol. The van der Waals surface area contributed by atoms with Crippen LogP contribution in [0.15, 0.2) is 21.2 Å². The second kappa shape index (κ2) is 5.84. The molecule has 1 saturated heterocycles. The SMILES string of the molecule is CCN(Cc1occc1Br)C1CCCNC1. The largest absolute Gasteiger partial charge is 0.467 e. The zero-order valence-corrected chi connectivity index (χ0v) is 11.3. The van der Waals surface area contributed by atoms with Crippen LogP contribution in [0.25, 0.3) is 0 Å². The number of furan rings is 1. The van der Waals surface area contributed by atoms with Crippen molar-refractivity contribution in [2.24, 2.45) is 0 Å². The predicted octanol–water partition coefficient (Wildman–Crippen LogP) is 2.62. The Bertz CT molecular complexity index is 321. The summed E-state index contributed by atoms with van der Waals surface area (Å²) in [6, 6.07) is 2.61. The van der Waals surface area contributed by atoms with Gasteiger partial charge in [-0.05, 0) is 47.9 Å². The molecule has 4 heteroatoms. The maximum Gasteiger partial charge on any atom is 0.131 e. The zero-order chi connectivity index (χ0) is 11.4. The Kier molecular flexibility index (Phi) is 4.44. The number of nitrogens with zero attached hydrogens (tertiary/aromatic N) is 1. The molecule has 1 unspecified atom stereocenters. The summed E-state index contributed by atoms with van der Waals surface area (Å²) < 4.78 is 6.56. The Hall–Kier alpha value is -0.320. The van der Waals surface area contributed by atoms with Crippen LogP contribution in [-0.4, -0.2) is 30.6 Å². The van der Waals surface area contributed by atoms with Gasteiger partial charge < -0.3 is 9.73 Å². The molecule has 1 fully saturated rings. The van der Waals surface area contributed by atoms with Gasteiger partial charge in [0.25, 0.3) is 0 Å². The minimum Gasteiger partial charge on any atom is -0.467 e. The van der Waals surface area contributed by atoms with E-state index in [1.807, 2.05) is 6.07 Å². The summed E-state index contributed by atoms with van der Waals surface area (Å²) in [5, 5.41) is 3.46. The fourth-order valence-corrected chi connectivity index (χ4v) is 2.59. The number of nitrogens with one attached hydrogen (secondary N) is 1. The van der Waals surface area contributed by atoms with Gasteiger partial charge in [-0.15, -0.1) is 0 Å². The van der Waals surface area contributed by atoms with Crippen molar-refractivity contribution < 1.29 is 4.42 Å². The normalized spacial score (nSPS) is 21.6. The third kappa shape index (κ3) is 2.87. The topological polar surface area (TPSA) is 28.4 Å². The van der Waals surface area contributed by atoms with Crippen LogP contribution in [0.1, 0.15) is 25.5 Å². The average Bonchev–Trinajstić information content (AvgIpc) is 2.73. The summed E-state index contributed by atoms with van der Waals surface area (Å²) in [5.41, 5.74) is 0. The minimum atomic E-state index is 0.649. The Balaban J connectivity index is 1.97. The number of rotatable bonds is 4. The zero-order valence-electron chi connectivity index (χ0n) is 9.71. The quantitative estimate of drug-likeness (QED) is 0.922. The molecule has 2 rings (SSSR count). The van der Waals surface area contributed by atoms with E-state index in [0.29, 0.717) is 6.04 Å². The van der Waals surface area contributed by atoms with Crippen molar-refractivity contribution in [1.29, 1.82) is 0 Å². The van der Waals surface area contributed by atoms with Crippen LogP contribution in [0.4, 0.5) is 0 Å². The van der Waals surface area contributed by atoms with Crippen LogP contribution in [0.5, 0.6) is 0 Å². The summed E-state index contributed by atoms with van der Waals surface area (Å²) in [6.45, 7) is 6.45. The van der Waals surface area contributed by atoms with Gasteiger partial charge in [0.2, 0.25) is 0 Å². The molecule has 1 aromatic rings. The molecule has 1 N–H and O–H groups in total. The summed E-state index contributed by atoms with van der Waals surface area (Å²) in [4.78, 5) is 2.48.